The van der Waals surface area contributed by atoms with E-state index in [1.807, 2.05) is 0 Å². The number of nitrogens with zero attached hydrogens (tertiary/aromatic N) is 2. The minimum Gasteiger partial charge on any atom is -0.543 e. The number of carboxylic acid groups (broad SMARTS) is 1. The predicted octanol–water partition coefficient (Wildman–Crippen LogP) is -3.34. The summed E-state index contributed by atoms with van der Waals surface area (Å²) in [7, 11) is 0. The maximum atomic E-state index is 13.1. The third-order valence-electron chi connectivity index (χ3n) is 5.14. The van der Waals surface area contributed by atoms with Gasteiger partial charge in [-0.1, -0.05) is 17.3 Å². The molecule has 0 aliphatic carbocycles. The molecule has 2 atom stereocenters. The number of hydrogen-bond donors (Lipinski definition) is 2. The zero-order valence-electron chi connectivity index (χ0n) is 20.9. The molecule has 1 aromatic rings. The molecule has 1 saturated heterocycles. The maximum Gasteiger partial charge on any atom is 1.00 e. The number of oxime groups is 1. The van der Waals surface area contributed by atoms with Gasteiger partial charge in [-0.2, -0.15) is 0 Å². The Morgan fingerprint density at radius 1 is 1.27 bits per heavy atom. The van der Waals surface area contributed by atoms with Crippen LogP contribution < -0.4 is 40.0 Å². The van der Waals surface area contributed by atoms with Crippen molar-refractivity contribution in [3.63, 3.8) is 0 Å². The SMILES string of the molecule is CC(=O)OCC1=C(C(=O)[O-])N2C(=O)[C@@H](NC(=O)C(=NOC(=O)C(C)(C)C)c3cccc(O)c3)[C@H]2SC1.[Na+]. The number of rotatable bonds is 7. The Kier molecular flexibility index (Phi) is 9.94. The molecule has 14 heteroatoms. The van der Waals surface area contributed by atoms with Crippen LogP contribution in [0, 0.1) is 5.41 Å². The van der Waals surface area contributed by atoms with Gasteiger partial charge in [0, 0.05) is 23.8 Å². The van der Waals surface area contributed by atoms with Gasteiger partial charge in [-0.25, -0.2) is 4.79 Å². The topological polar surface area (TPSA) is 175 Å². The Labute approximate surface area is 238 Å². The number of ether oxygens (including phenoxy) is 1. The normalized spacial score (nSPS) is 19.2. The number of carbonyl (C=O) groups is 5. The summed E-state index contributed by atoms with van der Waals surface area (Å²) in [5.74, 6) is -4.60. The van der Waals surface area contributed by atoms with Crippen LogP contribution in [-0.2, 0) is 33.5 Å². The number of hydrogen-bond acceptors (Lipinski definition) is 11. The number of carboxylic acids is 1. The fourth-order valence-electron chi connectivity index (χ4n) is 3.28. The summed E-state index contributed by atoms with van der Waals surface area (Å²) >= 11 is 1.16. The van der Waals surface area contributed by atoms with Crippen LogP contribution in [0.4, 0.5) is 0 Å². The van der Waals surface area contributed by atoms with Gasteiger partial charge < -0.3 is 29.9 Å². The van der Waals surface area contributed by atoms with E-state index in [1.54, 1.807) is 20.8 Å². The molecular weight excluding hydrogens is 517 g/mol. The Balaban J connectivity index is 0.00000481. The van der Waals surface area contributed by atoms with Gasteiger partial charge >= 0.3 is 41.5 Å². The number of aromatic hydroxyl groups is 1. The summed E-state index contributed by atoms with van der Waals surface area (Å²) in [6.07, 6.45) is 0. The number of esters is 1. The van der Waals surface area contributed by atoms with Crippen LogP contribution in [-0.4, -0.2) is 69.2 Å². The number of nitrogens with one attached hydrogen (secondary N) is 1. The molecule has 0 saturated carbocycles. The summed E-state index contributed by atoms with van der Waals surface area (Å²) in [5.41, 5.74) is -1.38. The fourth-order valence-corrected chi connectivity index (χ4v) is 4.61. The zero-order valence-corrected chi connectivity index (χ0v) is 23.7. The van der Waals surface area contributed by atoms with E-state index in [4.69, 9.17) is 9.57 Å². The van der Waals surface area contributed by atoms with E-state index in [-0.39, 0.29) is 64.5 Å². The third kappa shape index (κ3) is 6.92. The van der Waals surface area contributed by atoms with Crippen molar-refractivity contribution in [3.05, 3.63) is 41.1 Å². The molecule has 0 radical (unpaired) electrons. The standard InChI is InChI=1S/C23H25N3O9S.Na/c1-11(27)34-9-13-10-36-20-16(19(30)26(20)17(13)21(31)32)24-18(29)15(12-6-5-7-14(28)8-12)25-35-22(33)23(2,3)4;/h5-8,16,20,28H,9-10H2,1-4H3,(H,24,29)(H,31,32);/q;+1/p-1/t16-,20-;/m1./s1. The van der Waals surface area contributed by atoms with E-state index in [9.17, 15) is 34.2 Å². The Morgan fingerprint density at radius 3 is 2.51 bits per heavy atom. The molecule has 0 unspecified atom stereocenters. The summed E-state index contributed by atoms with van der Waals surface area (Å²) in [5, 5.41) is 27.0. The third-order valence-corrected chi connectivity index (χ3v) is 6.48. The fraction of sp³-hybridized carbons (Fsp3) is 0.391. The van der Waals surface area contributed by atoms with E-state index in [2.05, 4.69) is 10.5 Å². The quantitative estimate of drug-likeness (QED) is 0.0887. The Bertz CT molecular complexity index is 1190. The second-order valence-corrected chi connectivity index (χ2v) is 10.1. The van der Waals surface area contributed by atoms with E-state index < -0.39 is 52.3 Å². The van der Waals surface area contributed by atoms with Crippen LogP contribution in [0.5, 0.6) is 5.75 Å². The van der Waals surface area contributed by atoms with Crippen LogP contribution >= 0.6 is 11.8 Å². The number of thioether (sulfide) groups is 1. The molecule has 2 N–H and O–H groups in total. The number of benzene rings is 1. The van der Waals surface area contributed by atoms with E-state index >= 15 is 0 Å². The molecule has 1 aromatic carbocycles. The zero-order chi connectivity index (χ0) is 26.8. The van der Waals surface area contributed by atoms with Crippen molar-refractivity contribution < 1.29 is 73.3 Å². The van der Waals surface area contributed by atoms with Gasteiger partial charge in [0.1, 0.15) is 23.8 Å². The molecular formula is C23H24N3NaO9S. The van der Waals surface area contributed by atoms with Crippen molar-refractivity contribution in [2.24, 2.45) is 10.6 Å². The summed E-state index contributed by atoms with van der Waals surface area (Å²) in [6, 6.07) is 4.38. The van der Waals surface area contributed by atoms with Gasteiger partial charge in [0.05, 0.1) is 17.1 Å². The first kappa shape index (κ1) is 30.4. The number of amides is 2. The average molecular weight is 542 g/mol. The van der Waals surface area contributed by atoms with Gasteiger partial charge in [0.25, 0.3) is 11.8 Å². The molecule has 3 rings (SSSR count). The second kappa shape index (κ2) is 12.1. The van der Waals surface area contributed by atoms with Crippen molar-refractivity contribution in [1.82, 2.24) is 10.2 Å². The molecule has 2 aliphatic heterocycles. The molecule has 1 fully saturated rings. The van der Waals surface area contributed by atoms with Crippen molar-refractivity contribution in [2.45, 2.75) is 39.1 Å². The van der Waals surface area contributed by atoms with Crippen LogP contribution in [0.3, 0.4) is 0 Å². The largest absolute Gasteiger partial charge is 1.00 e. The minimum atomic E-state index is -1.61. The van der Waals surface area contributed by atoms with Crippen molar-refractivity contribution >= 4 is 47.2 Å². The number of fused-ring (bicyclic) bond motifs is 1. The number of carbonyl (C=O) groups excluding carboxylic acids is 5. The van der Waals surface area contributed by atoms with Crippen molar-refractivity contribution in [2.75, 3.05) is 12.4 Å². The summed E-state index contributed by atoms with van der Waals surface area (Å²) in [4.78, 5) is 66.9. The molecule has 12 nitrogen and oxygen atoms in total. The second-order valence-electron chi connectivity index (χ2n) is 9.00. The van der Waals surface area contributed by atoms with Crippen molar-refractivity contribution in [1.29, 1.82) is 0 Å². The van der Waals surface area contributed by atoms with E-state index in [1.165, 1.54) is 31.2 Å². The number of phenols is 1. The molecule has 2 amide bonds. The Hall–Kier alpha value is -2.87. The maximum absolute atomic E-state index is 13.1. The van der Waals surface area contributed by atoms with Gasteiger partial charge in [-0.3, -0.25) is 19.3 Å². The van der Waals surface area contributed by atoms with Gasteiger partial charge in [0.2, 0.25) is 0 Å². The predicted molar refractivity (Wildman–Crippen MR) is 124 cm³/mol. The molecule has 192 valence electrons. The smallest absolute Gasteiger partial charge is 0.543 e. The molecule has 2 heterocycles. The van der Waals surface area contributed by atoms with E-state index in [0.717, 1.165) is 16.7 Å². The minimum absolute atomic E-state index is 0. The monoisotopic (exact) mass is 541 g/mol. The molecule has 2 aliphatic rings. The molecule has 0 spiro atoms. The first-order chi connectivity index (χ1) is 16.8. The first-order valence-corrected chi connectivity index (χ1v) is 11.8. The van der Waals surface area contributed by atoms with Crippen LogP contribution in [0.25, 0.3) is 0 Å². The average Bonchev–Trinajstić information content (AvgIpc) is 2.79. The summed E-state index contributed by atoms with van der Waals surface area (Å²) in [6.45, 7) is 5.65. The van der Waals surface area contributed by atoms with Crippen LogP contribution in [0.2, 0.25) is 0 Å². The van der Waals surface area contributed by atoms with Crippen LogP contribution in [0.1, 0.15) is 33.3 Å². The first-order valence-electron chi connectivity index (χ1n) is 10.7. The van der Waals surface area contributed by atoms with E-state index in [0.29, 0.717) is 0 Å². The Morgan fingerprint density at radius 2 is 1.95 bits per heavy atom. The van der Waals surface area contributed by atoms with Crippen molar-refractivity contribution in [3.8, 4) is 5.75 Å². The summed E-state index contributed by atoms with van der Waals surface area (Å²) < 4.78 is 4.87. The molecule has 0 aromatic heterocycles. The van der Waals surface area contributed by atoms with Gasteiger partial charge in [-0.15, -0.1) is 11.8 Å². The molecule has 37 heavy (non-hydrogen) atoms. The number of phenolic OH excluding ortho intramolecular Hbond substituents is 1. The van der Waals surface area contributed by atoms with Gasteiger partial charge in [0.15, 0.2) is 5.71 Å². The van der Waals surface area contributed by atoms with Gasteiger partial charge in [-0.05, 0) is 32.9 Å². The number of β-lactam (4-membered cyclic amide) rings is 1. The number of aliphatic carboxylic acids is 1. The van der Waals surface area contributed by atoms with Crippen LogP contribution in [0.15, 0.2) is 40.7 Å². The molecule has 0 bridgehead atoms.